The number of carbonyl (C=O) groups excluding carboxylic acids is 1. The lowest BCUT2D eigenvalue weighted by molar-refractivity contribution is 0.0790. The zero-order chi connectivity index (χ0) is 12.0. The maximum absolute atomic E-state index is 11.3. The molecule has 1 aromatic rings. The van der Waals surface area contributed by atoms with Gasteiger partial charge < -0.3 is 9.64 Å². The molecule has 1 amide bonds. The molecule has 1 aromatic carbocycles. The summed E-state index contributed by atoms with van der Waals surface area (Å²) in [5.41, 5.74) is 1.27. The van der Waals surface area contributed by atoms with E-state index in [0.29, 0.717) is 0 Å². The molecule has 1 unspecified atom stereocenters. The van der Waals surface area contributed by atoms with Gasteiger partial charge >= 0.3 is 6.09 Å². The fourth-order valence-electron chi connectivity index (χ4n) is 1.35. The van der Waals surface area contributed by atoms with Crippen LogP contribution in [0.4, 0.5) is 4.79 Å². The van der Waals surface area contributed by atoms with Gasteiger partial charge in [-0.1, -0.05) is 30.3 Å². The van der Waals surface area contributed by atoms with E-state index in [-0.39, 0.29) is 12.2 Å². The Bertz CT molecular complexity index is 322. The summed E-state index contributed by atoms with van der Waals surface area (Å²) >= 11 is 0. The molecule has 1 atom stereocenters. The van der Waals surface area contributed by atoms with Crippen molar-refractivity contribution in [1.82, 2.24) is 4.90 Å². The van der Waals surface area contributed by atoms with E-state index in [1.165, 1.54) is 10.5 Å². The number of carbonyl (C=O) groups is 1. The summed E-state index contributed by atoms with van der Waals surface area (Å²) in [4.78, 5) is 12.7. The van der Waals surface area contributed by atoms with Gasteiger partial charge in [-0.3, -0.25) is 0 Å². The molecule has 0 saturated heterocycles. The summed E-state index contributed by atoms with van der Waals surface area (Å²) in [6.07, 6.45) is 1.46. The SMILES string of the molecule is CC(CCc1ccccc1)OC(=O)N(C)C. The van der Waals surface area contributed by atoms with Crippen LogP contribution in [-0.2, 0) is 11.2 Å². The van der Waals surface area contributed by atoms with E-state index in [1.807, 2.05) is 25.1 Å². The highest BCUT2D eigenvalue weighted by molar-refractivity contribution is 5.66. The topological polar surface area (TPSA) is 29.5 Å². The molecule has 1 rings (SSSR count). The first kappa shape index (κ1) is 12.6. The molecule has 0 spiro atoms. The lowest BCUT2D eigenvalue weighted by atomic mass is 10.1. The van der Waals surface area contributed by atoms with Crippen molar-refractivity contribution in [3.63, 3.8) is 0 Å². The van der Waals surface area contributed by atoms with Crippen molar-refractivity contribution >= 4 is 6.09 Å². The largest absolute Gasteiger partial charge is 0.446 e. The van der Waals surface area contributed by atoms with E-state index in [9.17, 15) is 4.79 Å². The quantitative estimate of drug-likeness (QED) is 0.782. The molecular formula is C13H19NO2. The van der Waals surface area contributed by atoms with Crippen molar-refractivity contribution in [2.24, 2.45) is 0 Å². The van der Waals surface area contributed by atoms with Crippen LogP contribution in [0.25, 0.3) is 0 Å². The Hall–Kier alpha value is -1.51. The second-order valence-electron chi connectivity index (χ2n) is 4.11. The molecule has 0 N–H and O–H groups in total. The number of rotatable bonds is 4. The summed E-state index contributed by atoms with van der Waals surface area (Å²) in [6.45, 7) is 1.92. The first-order chi connectivity index (χ1) is 7.59. The normalized spacial score (nSPS) is 11.9. The molecule has 0 aliphatic rings. The highest BCUT2D eigenvalue weighted by Gasteiger charge is 2.10. The van der Waals surface area contributed by atoms with Crippen molar-refractivity contribution in [2.45, 2.75) is 25.9 Å². The zero-order valence-corrected chi connectivity index (χ0v) is 10.1. The minimum absolute atomic E-state index is 0.0462. The van der Waals surface area contributed by atoms with Crippen LogP contribution in [-0.4, -0.2) is 31.2 Å². The smallest absolute Gasteiger partial charge is 0.409 e. The molecule has 0 bridgehead atoms. The van der Waals surface area contributed by atoms with E-state index < -0.39 is 0 Å². The average Bonchev–Trinajstić information content (AvgIpc) is 2.27. The van der Waals surface area contributed by atoms with Crippen LogP contribution in [0.1, 0.15) is 18.9 Å². The van der Waals surface area contributed by atoms with Crippen LogP contribution < -0.4 is 0 Å². The molecule has 0 fully saturated rings. The van der Waals surface area contributed by atoms with Crippen molar-refractivity contribution in [2.75, 3.05) is 14.1 Å². The van der Waals surface area contributed by atoms with Crippen molar-refractivity contribution in [3.05, 3.63) is 35.9 Å². The molecule has 0 radical (unpaired) electrons. The van der Waals surface area contributed by atoms with E-state index in [2.05, 4.69) is 12.1 Å². The van der Waals surface area contributed by atoms with Crippen molar-refractivity contribution in [3.8, 4) is 0 Å². The fourth-order valence-corrected chi connectivity index (χ4v) is 1.35. The van der Waals surface area contributed by atoms with Crippen LogP contribution in [0, 0.1) is 0 Å². The average molecular weight is 221 g/mol. The van der Waals surface area contributed by atoms with E-state index in [4.69, 9.17) is 4.74 Å². The number of ether oxygens (including phenoxy) is 1. The van der Waals surface area contributed by atoms with Gasteiger partial charge in [0.15, 0.2) is 0 Å². The summed E-state index contributed by atoms with van der Waals surface area (Å²) in [5.74, 6) is 0. The van der Waals surface area contributed by atoms with Crippen molar-refractivity contribution < 1.29 is 9.53 Å². The first-order valence-corrected chi connectivity index (χ1v) is 5.51. The predicted octanol–water partition coefficient (Wildman–Crippen LogP) is 2.71. The number of benzene rings is 1. The molecule has 0 aromatic heterocycles. The highest BCUT2D eigenvalue weighted by Crippen LogP contribution is 2.07. The van der Waals surface area contributed by atoms with E-state index >= 15 is 0 Å². The molecule has 0 aliphatic heterocycles. The third-order valence-electron chi connectivity index (χ3n) is 2.35. The Morgan fingerprint density at radius 2 is 1.94 bits per heavy atom. The Morgan fingerprint density at radius 1 is 1.31 bits per heavy atom. The van der Waals surface area contributed by atoms with Crippen LogP contribution >= 0.6 is 0 Å². The summed E-state index contributed by atoms with van der Waals surface area (Å²) in [6, 6.07) is 10.2. The summed E-state index contributed by atoms with van der Waals surface area (Å²) in [5, 5.41) is 0. The van der Waals surface area contributed by atoms with Gasteiger partial charge in [0.25, 0.3) is 0 Å². The zero-order valence-electron chi connectivity index (χ0n) is 10.1. The van der Waals surface area contributed by atoms with Gasteiger partial charge in [-0.05, 0) is 25.3 Å². The molecule has 0 heterocycles. The number of hydrogen-bond donors (Lipinski definition) is 0. The Kier molecular flexibility index (Phi) is 4.83. The molecule has 16 heavy (non-hydrogen) atoms. The minimum atomic E-state index is -0.277. The van der Waals surface area contributed by atoms with Crippen LogP contribution in [0.15, 0.2) is 30.3 Å². The second kappa shape index (κ2) is 6.16. The number of hydrogen-bond acceptors (Lipinski definition) is 2. The number of amides is 1. The summed E-state index contributed by atoms with van der Waals surface area (Å²) in [7, 11) is 3.37. The maximum Gasteiger partial charge on any atom is 0.409 e. The van der Waals surface area contributed by atoms with Gasteiger partial charge in [0.05, 0.1) is 0 Å². The lowest BCUT2D eigenvalue weighted by Crippen LogP contribution is -2.26. The van der Waals surface area contributed by atoms with Gasteiger partial charge in [-0.2, -0.15) is 0 Å². The van der Waals surface area contributed by atoms with Gasteiger partial charge in [-0.15, -0.1) is 0 Å². The third-order valence-corrected chi connectivity index (χ3v) is 2.35. The first-order valence-electron chi connectivity index (χ1n) is 5.51. The fraction of sp³-hybridized carbons (Fsp3) is 0.462. The Morgan fingerprint density at radius 3 is 2.50 bits per heavy atom. The maximum atomic E-state index is 11.3. The van der Waals surface area contributed by atoms with E-state index in [0.717, 1.165) is 12.8 Å². The van der Waals surface area contributed by atoms with Gasteiger partial charge in [0.2, 0.25) is 0 Å². The van der Waals surface area contributed by atoms with Crippen LogP contribution in [0.2, 0.25) is 0 Å². The van der Waals surface area contributed by atoms with Gasteiger partial charge in [0.1, 0.15) is 6.10 Å². The van der Waals surface area contributed by atoms with Crippen LogP contribution in [0.5, 0.6) is 0 Å². The molecule has 88 valence electrons. The molecule has 3 heteroatoms. The van der Waals surface area contributed by atoms with E-state index in [1.54, 1.807) is 14.1 Å². The Labute approximate surface area is 97.0 Å². The Balaban J connectivity index is 2.30. The minimum Gasteiger partial charge on any atom is -0.446 e. The monoisotopic (exact) mass is 221 g/mol. The summed E-state index contributed by atoms with van der Waals surface area (Å²) < 4.78 is 5.22. The molecule has 0 saturated carbocycles. The second-order valence-corrected chi connectivity index (χ2v) is 4.11. The lowest BCUT2D eigenvalue weighted by Gasteiger charge is -2.16. The van der Waals surface area contributed by atoms with Gasteiger partial charge in [0, 0.05) is 14.1 Å². The number of aryl methyl sites for hydroxylation is 1. The third kappa shape index (κ3) is 4.34. The predicted molar refractivity (Wildman–Crippen MR) is 64.4 cm³/mol. The van der Waals surface area contributed by atoms with Crippen molar-refractivity contribution in [1.29, 1.82) is 0 Å². The van der Waals surface area contributed by atoms with Gasteiger partial charge in [-0.25, -0.2) is 4.79 Å². The molecule has 0 aliphatic carbocycles. The number of nitrogens with zero attached hydrogens (tertiary/aromatic N) is 1. The molecular weight excluding hydrogens is 202 g/mol. The van der Waals surface area contributed by atoms with Crippen LogP contribution in [0.3, 0.4) is 0 Å². The standard InChI is InChI=1S/C13H19NO2/c1-11(16-13(15)14(2)3)9-10-12-7-5-4-6-8-12/h4-8,11H,9-10H2,1-3H3. The molecule has 3 nitrogen and oxygen atoms in total. The highest BCUT2D eigenvalue weighted by atomic mass is 16.6.